The number of esters is 1. The lowest BCUT2D eigenvalue weighted by molar-refractivity contribution is -0.118. The number of halogens is 1. The van der Waals surface area contributed by atoms with Crippen LogP contribution in [0.1, 0.15) is 33.8 Å². The van der Waals surface area contributed by atoms with E-state index in [1.54, 1.807) is 24.3 Å². The molecule has 0 aliphatic rings. The van der Waals surface area contributed by atoms with Crippen LogP contribution in [0.25, 0.3) is 0 Å². The van der Waals surface area contributed by atoms with E-state index >= 15 is 0 Å². The maximum absolute atomic E-state index is 12.2. The SMILES string of the molecule is COC(=O)c1c[nH]c(=O)c([C@@H](CC(N)=O)c2ccc(Br)cc2)c1O. The number of benzene rings is 1. The first-order valence-electron chi connectivity index (χ1n) is 6.91. The van der Waals surface area contributed by atoms with E-state index in [1.165, 1.54) is 0 Å². The fraction of sp³-hybridized carbons (Fsp3) is 0.188. The largest absolute Gasteiger partial charge is 0.506 e. The smallest absolute Gasteiger partial charge is 0.343 e. The fourth-order valence-corrected chi connectivity index (χ4v) is 2.67. The number of aromatic hydroxyl groups is 1. The predicted octanol–water partition coefficient (Wildman–Crippen LogP) is 1.64. The summed E-state index contributed by atoms with van der Waals surface area (Å²) in [6.07, 6.45) is 0.860. The van der Waals surface area contributed by atoms with Crippen LogP contribution in [0.2, 0.25) is 0 Å². The summed E-state index contributed by atoms with van der Waals surface area (Å²) >= 11 is 3.30. The number of aromatic amines is 1. The third kappa shape index (κ3) is 3.65. The maximum Gasteiger partial charge on any atom is 0.343 e. The highest BCUT2D eigenvalue weighted by atomic mass is 79.9. The summed E-state index contributed by atoms with van der Waals surface area (Å²) in [6.45, 7) is 0. The molecule has 8 heteroatoms. The van der Waals surface area contributed by atoms with Gasteiger partial charge in [0.2, 0.25) is 5.91 Å². The molecular weight excluding hydrogens is 380 g/mol. The van der Waals surface area contributed by atoms with Crippen molar-refractivity contribution in [1.82, 2.24) is 4.98 Å². The first-order chi connectivity index (χ1) is 11.3. The Morgan fingerprint density at radius 3 is 2.50 bits per heavy atom. The highest BCUT2D eigenvalue weighted by Crippen LogP contribution is 2.33. The minimum Gasteiger partial charge on any atom is -0.506 e. The normalized spacial score (nSPS) is 11.8. The van der Waals surface area contributed by atoms with Crippen molar-refractivity contribution in [3.63, 3.8) is 0 Å². The Bertz CT molecular complexity index is 829. The van der Waals surface area contributed by atoms with Crippen molar-refractivity contribution in [2.24, 2.45) is 5.73 Å². The molecule has 0 radical (unpaired) electrons. The highest BCUT2D eigenvalue weighted by molar-refractivity contribution is 9.10. The van der Waals surface area contributed by atoms with Crippen molar-refractivity contribution in [2.75, 3.05) is 7.11 Å². The Morgan fingerprint density at radius 1 is 1.33 bits per heavy atom. The van der Waals surface area contributed by atoms with Gasteiger partial charge in [0.15, 0.2) is 0 Å². The first-order valence-corrected chi connectivity index (χ1v) is 7.71. The van der Waals surface area contributed by atoms with Gasteiger partial charge in [-0.25, -0.2) is 4.79 Å². The molecule has 126 valence electrons. The predicted molar refractivity (Wildman–Crippen MR) is 89.9 cm³/mol. The van der Waals surface area contributed by atoms with Crippen molar-refractivity contribution in [1.29, 1.82) is 0 Å². The van der Waals surface area contributed by atoms with Crippen LogP contribution in [0.4, 0.5) is 0 Å². The zero-order valence-corrected chi connectivity index (χ0v) is 14.3. The molecule has 0 aliphatic heterocycles. The number of ether oxygens (including phenoxy) is 1. The number of carbonyl (C=O) groups excluding carboxylic acids is 2. The van der Waals surface area contributed by atoms with Gasteiger partial charge >= 0.3 is 5.97 Å². The summed E-state index contributed by atoms with van der Waals surface area (Å²) in [5.74, 6) is -2.78. The Balaban J connectivity index is 2.66. The fourth-order valence-electron chi connectivity index (χ4n) is 2.41. The van der Waals surface area contributed by atoms with E-state index in [-0.39, 0.29) is 17.5 Å². The molecule has 0 fully saturated rings. The average molecular weight is 395 g/mol. The lowest BCUT2D eigenvalue weighted by Gasteiger charge is -2.18. The van der Waals surface area contributed by atoms with Gasteiger partial charge in [0.1, 0.15) is 11.3 Å². The van der Waals surface area contributed by atoms with Gasteiger partial charge in [0.05, 0.1) is 12.7 Å². The third-order valence-corrected chi connectivity index (χ3v) is 4.06. The van der Waals surface area contributed by atoms with Crippen molar-refractivity contribution in [2.45, 2.75) is 12.3 Å². The van der Waals surface area contributed by atoms with Crippen molar-refractivity contribution in [3.05, 3.63) is 62.0 Å². The molecular formula is C16H15BrN2O5. The van der Waals surface area contributed by atoms with E-state index in [0.29, 0.717) is 5.56 Å². The molecule has 4 N–H and O–H groups in total. The van der Waals surface area contributed by atoms with Crippen LogP contribution in [-0.4, -0.2) is 29.1 Å². The first kappa shape index (κ1) is 17.7. The molecule has 1 atom stereocenters. The number of carbonyl (C=O) groups is 2. The number of pyridine rings is 1. The maximum atomic E-state index is 12.2. The highest BCUT2D eigenvalue weighted by Gasteiger charge is 2.27. The van der Waals surface area contributed by atoms with E-state index in [9.17, 15) is 19.5 Å². The van der Waals surface area contributed by atoms with Crippen LogP contribution in [-0.2, 0) is 9.53 Å². The number of nitrogens with two attached hydrogens (primary N) is 1. The zero-order valence-electron chi connectivity index (χ0n) is 12.7. The average Bonchev–Trinajstić information content (AvgIpc) is 2.54. The van der Waals surface area contributed by atoms with Crippen molar-refractivity contribution >= 4 is 27.8 Å². The summed E-state index contributed by atoms with van der Waals surface area (Å²) in [4.78, 5) is 37.8. The number of rotatable bonds is 5. The lowest BCUT2D eigenvalue weighted by atomic mass is 9.87. The van der Waals surface area contributed by atoms with Crippen LogP contribution in [0, 0.1) is 0 Å². The number of methoxy groups -OCH3 is 1. The quantitative estimate of drug-likeness (QED) is 0.665. The van der Waals surface area contributed by atoms with Gasteiger partial charge in [-0.1, -0.05) is 28.1 Å². The van der Waals surface area contributed by atoms with Crippen molar-refractivity contribution < 1.29 is 19.4 Å². The molecule has 1 amide bonds. The van der Waals surface area contributed by atoms with Crippen LogP contribution >= 0.6 is 15.9 Å². The topological polar surface area (TPSA) is 122 Å². The lowest BCUT2D eigenvalue weighted by Crippen LogP contribution is -2.23. The summed E-state index contributed by atoms with van der Waals surface area (Å²) in [5.41, 5.74) is 4.96. The molecule has 2 rings (SSSR count). The van der Waals surface area contributed by atoms with Gasteiger partial charge in [-0.2, -0.15) is 0 Å². The Kier molecular flexibility index (Phi) is 5.40. The molecule has 0 bridgehead atoms. The van der Waals surface area contributed by atoms with Gasteiger partial charge in [-0.05, 0) is 17.7 Å². The molecule has 0 saturated carbocycles. The zero-order chi connectivity index (χ0) is 17.9. The Hall–Kier alpha value is -2.61. The number of hydrogen-bond donors (Lipinski definition) is 3. The molecule has 2 aromatic rings. The third-order valence-electron chi connectivity index (χ3n) is 3.53. The van der Waals surface area contributed by atoms with Crippen LogP contribution in [0.3, 0.4) is 0 Å². The number of primary amides is 1. The molecule has 1 aromatic heterocycles. The molecule has 7 nitrogen and oxygen atoms in total. The minimum absolute atomic E-state index is 0.112. The van der Waals surface area contributed by atoms with E-state index in [1.807, 2.05) is 0 Å². The number of aromatic nitrogens is 1. The number of nitrogens with one attached hydrogen (secondary N) is 1. The Morgan fingerprint density at radius 2 is 1.96 bits per heavy atom. The molecule has 0 spiro atoms. The van der Waals surface area contributed by atoms with Crippen LogP contribution in [0.5, 0.6) is 5.75 Å². The summed E-state index contributed by atoms with van der Waals surface area (Å²) in [6, 6.07) is 6.86. The molecule has 24 heavy (non-hydrogen) atoms. The molecule has 1 heterocycles. The van der Waals surface area contributed by atoms with Crippen molar-refractivity contribution in [3.8, 4) is 5.75 Å². The summed E-state index contributed by atoms with van der Waals surface area (Å²) in [5, 5.41) is 10.4. The Labute approximate surface area is 145 Å². The second-order valence-electron chi connectivity index (χ2n) is 5.06. The van der Waals surface area contributed by atoms with Gasteiger partial charge in [0.25, 0.3) is 5.56 Å². The van der Waals surface area contributed by atoms with Gasteiger partial charge in [-0.15, -0.1) is 0 Å². The standard InChI is InChI=1S/C16H15BrN2O5/c1-24-16(23)11-7-19-15(22)13(14(11)21)10(6-12(18)20)8-2-4-9(17)5-3-8/h2-5,7,10H,6H2,1H3,(H2,18,20)(H2,19,21,22)/t10-/m0/s1. The number of amides is 1. The second-order valence-corrected chi connectivity index (χ2v) is 5.98. The van der Waals surface area contributed by atoms with E-state index in [2.05, 4.69) is 25.7 Å². The summed E-state index contributed by atoms with van der Waals surface area (Å²) in [7, 11) is 1.15. The second kappa shape index (κ2) is 7.31. The molecule has 0 saturated heterocycles. The molecule has 1 aromatic carbocycles. The monoisotopic (exact) mass is 394 g/mol. The number of H-pyrrole nitrogens is 1. The summed E-state index contributed by atoms with van der Waals surface area (Å²) < 4.78 is 5.39. The van der Waals surface area contributed by atoms with E-state index in [4.69, 9.17) is 5.73 Å². The van der Waals surface area contributed by atoms with Gasteiger partial charge < -0.3 is 20.6 Å². The van der Waals surface area contributed by atoms with E-state index < -0.39 is 29.1 Å². The molecule has 0 aliphatic carbocycles. The molecule has 0 unspecified atom stereocenters. The van der Waals surface area contributed by atoms with Crippen LogP contribution in [0.15, 0.2) is 39.7 Å². The number of hydrogen-bond acceptors (Lipinski definition) is 5. The van der Waals surface area contributed by atoms with Gasteiger partial charge in [0, 0.05) is 23.0 Å². The van der Waals surface area contributed by atoms with Crippen LogP contribution < -0.4 is 11.3 Å². The van der Waals surface area contributed by atoms with Gasteiger partial charge in [-0.3, -0.25) is 9.59 Å². The van der Waals surface area contributed by atoms with E-state index in [0.717, 1.165) is 17.8 Å². The minimum atomic E-state index is -0.807.